The monoisotopic (exact) mass is 316 g/mol. The Balaban J connectivity index is 1.83. The third-order valence-corrected chi connectivity index (χ3v) is 4.30. The summed E-state index contributed by atoms with van der Waals surface area (Å²) >= 11 is 0. The van der Waals surface area contributed by atoms with Gasteiger partial charge in [-0.25, -0.2) is 4.79 Å². The summed E-state index contributed by atoms with van der Waals surface area (Å²) in [6.45, 7) is 2.12. The summed E-state index contributed by atoms with van der Waals surface area (Å²) in [5.41, 5.74) is 11.5. The predicted octanol–water partition coefficient (Wildman–Crippen LogP) is 3.58. The molecule has 118 valence electrons. The molecule has 0 spiro atoms. The first-order valence-electron chi connectivity index (χ1n) is 8.00. The van der Waals surface area contributed by atoms with Gasteiger partial charge < -0.3 is 4.98 Å². The van der Waals surface area contributed by atoms with Gasteiger partial charge in [0.05, 0.1) is 23.1 Å². The minimum absolute atomic E-state index is 0.352. The molecule has 1 aromatic carbocycles. The SMILES string of the molecule is CCC1=C=C=C(c2cc(-c3ccc4[nH]ncc4c3)[nH]c(=O)n2)CC1. The minimum atomic E-state index is -0.352. The maximum Gasteiger partial charge on any atom is 0.345 e. The van der Waals surface area contributed by atoms with Crippen molar-refractivity contribution >= 4 is 16.5 Å². The van der Waals surface area contributed by atoms with E-state index in [4.69, 9.17) is 0 Å². The van der Waals surface area contributed by atoms with Crippen LogP contribution in [0.5, 0.6) is 0 Å². The van der Waals surface area contributed by atoms with Gasteiger partial charge in [0.1, 0.15) is 0 Å². The van der Waals surface area contributed by atoms with Gasteiger partial charge in [-0.1, -0.05) is 24.5 Å². The van der Waals surface area contributed by atoms with Crippen LogP contribution in [0.2, 0.25) is 0 Å². The van der Waals surface area contributed by atoms with Gasteiger partial charge in [-0.2, -0.15) is 10.1 Å². The number of nitrogens with one attached hydrogen (secondary N) is 2. The minimum Gasteiger partial charge on any atom is -0.305 e. The molecule has 0 amide bonds. The van der Waals surface area contributed by atoms with Crippen molar-refractivity contribution in [1.29, 1.82) is 0 Å². The van der Waals surface area contributed by atoms with Crippen LogP contribution in [0.1, 0.15) is 31.9 Å². The molecular formula is C19H16N4O. The van der Waals surface area contributed by atoms with Crippen LogP contribution in [-0.4, -0.2) is 20.2 Å². The molecule has 0 fully saturated rings. The molecular weight excluding hydrogens is 300 g/mol. The van der Waals surface area contributed by atoms with Crippen LogP contribution in [0.4, 0.5) is 0 Å². The summed E-state index contributed by atoms with van der Waals surface area (Å²) in [5.74, 6) is 0. The van der Waals surface area contributed by atoms with Crippen LogP contribution in [0.25, 0.3) is 27.7 Å². The Bertz CT molecular complexity index is 1090. The molecule has 0 saturated carbocycles. The fourth-order valence-corrected chi connectivity index (χ4v) is 2.90. The smallest absolute Gasteiger partial charge is 0.305 e. The van der Waals surface area contributed by atoms with E-state index in [1.807, 2.05) is 24.3 Å². The van der Waals surface area contributed by atoms with Crippen molar-refractivity contribution in [2.75, 3.05) is 0 Å². The second-order valence-electron chi connectivity index (χ2n) is 5.84. The molecule has 5 nitrogen and oxygen atoms in total. The molecule has 2 aromatic heterocycles. The van der Waals surface area contributed by atoms with Crippen molar-refractivity contribution in [2.24, 2.45) is 0 Å². The Hall–Kier alpha value is -3.13. The molecule has 24 heavy (non-hydrogen) atoms. The second kappa shape index (κ2) is 5.82. The van der Waals surface area contributed by atoms with Gasteiger partial charge >= 0.3 is 5.69 Å². The lowest BCUT2D eigenvalue weighted by Crippen LogP contribution is -2.13. The van der Waals surface area contributed by atoms with Crippen LogP contribution >= 0.6 is 0 Å². The summed E-state index contributed by atoms with van der Waals surface area (Å²) in [6, 6.07) is 7.81. The Labute approximate surface area is 138 Å². The third kappa shape index (κ3) is 2.63. The number of aromatic nitrogens is 4. The van der Waals surface area contributed by atoms with Gasteiger partial charge in [-0.15, -0.1) is 0 Å². The molecule has 2 N–H and O–H groups in total. The number of fused-ring (bicyclic) bond motifs is 1. The molecule has 0 atom stereocenters. The van der Waals surface area contributed by atoms with Crippen molar-refractivity contribution < 1.29 is 0 Å². The van der Waals surface area contributed by atoms with Crippen molar-refractivity contribution in [3.05, 3.63) is 63.7 Å². The van der Waals surface area contributed by atoms with E-state index in [2.05, 4.69) is 38.6 Å². The third-order valence-electron chi connectivity index (χ3n) is 4.30. The van der Waals surface area contributed by atoms with E-state index in [0.29, 0.717) is 5.69 Å². The number of benzene rings is 1. The molecule has 2 heterocycles. The van der Waals surface area contributed by atoms with E-state index in [0.717, 1.165) is 47.0 Å². The zero-order chi connectivity index (χ0) is 16.5. The van der Waals surface area contributed by atoms with E-state index in [1.54, 1.807) is 6.20 Å². The average Bonchev–Trinajstić information content (AvgIpc) is 3.09. The standard InChI is InChI=1S/C19H16N4O/c1-2-12-3-5-13(6-4-12)17-10-18(22-19(24)21-17)14-7-8-16-15(9-14)11-20-23-16/h7-11H,2-3,5H2,1H3,(H,20,23)(H,21,22,24). The summed E-state index contributed by atoms with van der Waals surface area (Å²) in [7, 11) is 0. The predicted molar refractivity (Wildman–Crippen MR) is 93.4 cm³/mol. The van der Waals surface area contributed by atoms with Gasteiger partial charge in [0.25, 0.3) is 0 Å². The number of nitrogens with zero attached hydrogens (tertiary/aromatic N) is 2. The molecule has 0 bridgehead atoms. The number of allylic oxidation sites excluding steroid dienone is 2. The van der Waals surface area contributed by atoms with E-state index in [-0.39, 0.29) is 5.69 Å². The number of rotatable bonds is 3. The lowest BCUT2D eigenvalue weighted by atomic mass is 9.97. The summed E-state index contributed by atoms with van der Waals surface area (Å²) in [6.07, 6.45) is 4.54. The van der Waals surface area contributed by atoms with Crippen LogP contribution in [0, 0.1) is 0 Å². The number of hydrogen-bond donors (Lipinski definition) is 2. The number of aromatic amines is 2. The summed E-state index contributed by atoms with van der Waals surface area (Å²) in [4.78, 5) is 18.9. The van der Waals surface area contributed by atoms with Crippen LogP contribution in [0.15, 0.2) is 52.3 Å². The van der Waals surface area contributed by atoms with Crippen molar-refractivity contribution in [3.63, 3.8) is 0 Å². The molecule has 0 saturated heterocycles. The van der Waals surface area contributed by atoms with Crippen LogP contribution in [-0.2, 0) is 0 Å². The van der Waals surface area contributed by atoms with Gasteiger partial charge in [0.15, 0.2) is 0 Å². The highest BCUT2D eigenvalue weighted by Gasteiger charge is 2.11. The first kappa shape index (κ1) is 14.5. The molecule has 0 radical (unpaired) electrons. The maximum absolute atomic E-state index is 12.0. The molecule has 1 aliphatic rings. The normalized spacial score (nSPS) is 13.9. The highest BCUT2D eigenvalue weighted by Crippen LogP contribution is 2.26. The molecule has 5 heteroatoms. The van der Waals surface area contributed by atoms with E-state index >= 15 is 0 Å². The number of hydrogen-bond acceptors (Lipinski definition) is 3. The zero-order valence-electron chi connectivity index (χ0n) is 13.3. The highest BCUT2D eigenvalue weighted by atomic mass is 16.1. The van der Waals surface area contributed by atoms with E-state index in [1.165, 1.54) is 5.57 Å². The Morgan fingerprint density at radius 2 is 2.12 bits per heavy atom. The molecule has 4 rings (SSSR count). The average molecular weight is 316 g/mol. The quantitative estimate of drug-likeness (QED) is 0.725. The van der Waals surface area contributed by atoms with Crippen LogP contribution < -0.4 is 5.69 Å². The largest absolute Gasteiger partial charge is 0.345 e. The first-order chi connectivity index (χ1) is 11.7. The second-order valence-corrected chi connectivity index (χ2v) is 5.84. The fraction of sp³-hybridized carbons (Fsp3) is 0.211. The lowest BCUT2D eigenvalue weighted by molar-refractivity contribution is 0.906. The highest BCUT2D eigenvalue weighted by molar-refractivity contribution is 5.83. The lowest BCUT2D eigenvalue weighted by Gasteiger charge is -2.09. The first-order valence-corrected chi connectivity index (χ1v) is 8.00. The van der Waals surface area contributed by atoms with Crippen LogP contribution in [0.3, 0.4) is 0 Å². The number of H-pyrrole nitrogens is 2. The molecule has 0 aliphatic heterocycles. The van der Waals surface area contributed by atoms with Gasteiger partial charge in [-0.05, 0) is 48.6 Å². The Morgan fingerprint density at radius 3 is 2.92 bits per heavy atom. The van der Waals surface area contributed by atoms with Gasteiger partial charge in [-0.3, -0.25) is 5.10 Å². The van der Waals surface area contributed by atoms with Crippen molar-refractivity contribution in [2.45, 2.75) is 26.2 Å². The van der Waals surface area contributed by atoms with E-state index in [9.17, 15) is 4.79 Å². The molecule has 0 unspecified atom stereocenters. The topological polar surface area (TPSA) is 74.4 Å². The van der Waals surface area contributed by atoms with Gasteiger partial charge in [0, 0.05) is 11.0 Å². The maximum atomic E-state index is 12.0. The summed E-state index contributed by atoms with van der Waals surface area (Å²) < 4.78 is 0. The Kier molecular flexibility index (Phi) is 3.51. The molecule has 1 aliphatic carbocycles. The molecule has 3 aromatic rings. The summed E-state index contributed by atoms with van der Waals surface area (Å²) in [5, 5.41) is 7.95. The zero-order valence-corrected chi connectivity index (χ0v) is 13.3. The van der Waals surface area contributed by atoms with Gasteiger partial charge in [0.2, 0.25) is 0 Å². The Morgan fingerprint density at radius 1 is 1.21 bits per heavy atom. The van der Waals surface area contributed by atoms with Crippen molar-refractivity contribution in [1.82, 2.24) is 20.2 Å². The fourth-order valence-electron chi connectivity index (χ4n) is 2.90. The van der Waals surface area contributed by atoms with Crippen molar-refractivity contribution in [3.8, 4) is 11.3 Å². The van der Waals surface area contributed by atoms with E-state index < -0.39 is 0 Å².